The van der Waals surface area contributed by atoms with Gasteiger partial charge in [-0.15, -0.1) is 12.4 Å². The lowest BCUT2D eigenvalue weighted by Gasteiger charge is -2.31. The molecule has 1 atom stereocenters. The number of ether oxygens (including phenoxy) is 2. The molecule has 5 nitrogen and oxygen atoms in total. The Morgan fingerprint density at radius 1 is 1.33 bits per heavy atom. The second-order valence-corrected chi connectivity index (χ2v) is 6.00. The van der Waals surface area contributed by atoms with Crippen molar-refractivity contribution in [3.05, 3.63) is 21.3 Å². The van der Waals surface area contributed by atoms with Gasteiger partial charge < -0.3 is 20.1 Å². The molecule has 2 rings (SSSR count). The van der Waals surface area contributed by atoms with E-state index in [0.29, 0.717) is 23.6 Å². The van der Waals surface area contributed by atoms with Gasteiger partial charge in [-0.1, -0.05) is 0 Å². The first kappa shape index (κ1) is 18.3. The highest BCUT2D eigenvalue weighted by molar-refractivity contribution is 14.1. The van der Waals surface area contributed by atoms with Gasteiger partial charge in [0.2, 0.25) is 0 Å². The van der Waals surface area contributed by atoms with Crippen LogP contribution < -0.4 is 15.2 Å². The average molecular weight is 427 g/mol. The molecule has 1 aliphatic rings. The first-order chi connectivity index (χ1) is 9.56. The van der Waals surface area contributed by atoms with Gasteiger partial charge in [0.25, 0.3) is 5.91 Å². The standard InChI is InChI=1S/C14H19IN2O3.ClH/c1-19-12-6-10(11(15)7-13(12)20-2)14(18)17-5-3-4-9(16)8-17;/h6-7,9H,3-5,8,16H2,1-2H3;1H. The second kappa shape index (κ2) is 8.05. The van der Waals surface area contributed by atoms with E-state index < -0.39 is 0 Å². The quantitative estimate of drug-likeness (QED) is 0.753. The summed E-state index contributed by atoms with van der Waals surface area (Å²) in [6.45, 7) is 1.38. The number of likely N-dealkylation sites (tertiary alicyclic amines) is 1. The van der Waals surface area contributed by atoms with E-state index in [1.165, 1.54) is 0 Å². The summed E-state index contributed by atoms with van der Waals surface area (Å²) in [6.07, 6.45) is 1.93. The molecule has 1 saturated heterocycles. The van der Waals surface area contributed by atoms with Gasteiger partial charge in [0, 0.05) is 22.7 Å². The van der Waals surface area contributed by atoms with E-state index in [9.17, 15) is 4.79 Å². The minimum absolute atomic E-state index is 0. The van der Waals surface area contributed by atoms with Gasteiger partial charge in [-0.25, -0.2) is 0 Å². The van der Waals surface area contributed by atoms with Crippen LogP contribution in [0.25, 0.3) is 0 Å². The molecular weight excluding hydrogens is 407 g/mol. The van der Waals surface area contributed by atoms with Crippen molar-refractivity contribution >= 4 is 40.9 Å². The van der Waals surface area contributed by atoms with E-state index in [1.54, 1.807) is 20.3 Å². The normalized spacial score (nSPS) is 17.9. The summed E-state index contributed by atoms with van der Waals surface area (Å²) in [5.41, 5.74) is 6.58. The van der Waals surface area contributed by atoms with E-state index in [4.69, 9.17) is 15.2 Å². The van der Waals surface area contributed by atoms with E-state index >= 15 is 0 Å². The zero-order chi connectivity index (χ0) is 14.7. The molecule has 0 bridgehead atoms. The molecule has 1 heterocycles. The Kier molecular flexibility index (Phi) is 7.02. The van der Waals surface area contributed by atoms with Crippen molar-refractivity contribution in [2.75, 3.05) is 27.3 Å². The van der Waals surface area contributed by atoms with Crippen LogP contribution >= 0.6 is 35.0 Å². The number of carbonyl (C=O) groups is 1. The first-order valence-corrected chi connectivity index (χ1v) is 7.61. The number of methoxy groups -OCH3 is 2. The Bertz CT molecular complexity index is 513. The van der Waals surface area contributed by atoms with Crippen molar-refractivity contribution in [2.24, 2.45) is 5.73 Å². The van der Waals surface area contributed by atoms with Crippen molar-refractivity contribution in [1.82, 2.24) is 4.90 Å². The highest BCUT2D eigenvalue weighted by atomic mass is 127. The SMILES string of the molecule is COc1cc(I)c(C(=O)N2CCCC(N)C2)cc1OC.Cl. The summed E-state index contributed by atoms with van der Waals surface area (Å²) in [5.74, 6) is 1.20. The highest BCUT2D eigenvalue weighted by Gasteiger charge is 2.25. The van der Waals surface area contributed by atoms with Crippen molar-refractivity contribution in [1.29, 1.82) is 0 Å². The van der Waals surface area contributed by atoms with Gasteiger partial charge in [-0.3, -0.25) is 4.79 Å². The lowest BCUT2D eigenvalue weighted by Crippen LogP contribution is -2.45. The van der Waals surface area contributed by atoms with Crippen LogP contribution in [0.4, 0.5) is 0 Å². The third-order valence-corrected chi connectivity index (χ3v) is 4.34. The average Bonchev–Trinajstić information content (AvgIpc) is 2.46. The molecule has 0 radical (unpaired) electrons. The third kappa shape index (κ3) is 4.14. The Morgan fingerprint density at radius 2 is 1.95 bits per heavy atom. The van der Waals surface area contributed by atoms with Gasteiger partial charge in [-0.05, 0) is 47.6 Å². The van der Waals surface area contributed by atoms with Crippen LogP contribution in [-0.2, 0) is 0 Å². The molecule has 0 spiro atoms. The fraction of sp³-hybridized carbons (Fsp3) is 0.500. The van der Waals surface area contributed by atoms with Crippen molar-refractivity contribution in [2.45, 2.75) is 18.9 Å². The number of benzene rings is 1. The van der Waals surface area contributed by atoms with E-state index in [2.05, 4.69) is 22.6 Å². The van der Waals surface area contributed by atoms with E-state index in [-0.39, 0.29) is 24.4 Å². The monoisotopic (exact) mass is 426 g/mol. The number of hydrogen-bond acceptors (Lipinski definition) is 4. The van der Waals surface area contributed by atoms with Crippen LogP contribution in [0.15, 0.2) is 12.1 Å². The molecule has 1 aromatic carbocycles. The molecule has 1 aliphatic heterocycles. The van der Waals surface area contributed by atoms with Gasteiger partial charge in [0.15, 0.2) is 11.5 Å². The summed E-state index contributed by atoms with van der Waals surface area (Å²) in [4.78, 5) is 14.4. The third-order valence-electron chi connectivity index (χ3n) is 3.45. The molecule has 2 N–H and O–H groups in total. The summed E-state index contributed by atoms with van der Waals surface area (Å²) < 4.78 is 11.4. The Labute approximate surface area is 144 Å². The molecule has 21 heavy (non-hydrogen) atoms. The number of nitrogens with two attached hydrogens (primary N) is 1. The molecule has 1 unspecified atom stereocenters. The van der Waals surface area contributed by atoms with Gasteiger partial charge in [0.05, 0.1) is 19.8 Å². The zero-order valence-corrected chi connectivity index (χ0v) is 15.1. The van der Waals surface area contributed by atoms with E-state index in [0.717, 1.165) is 23.0 Å². The second-order valence-electron chi connectivity index (χ2n) is 4.84. The topological polar surface area (TPSA) is 64.8 Å². The molecular formula is C14H20ClIN2O3. The number of halogens is 2. The molecule has 0 aliphatic carbocycles. The number of amides is 1. The summed E-state index contributed by atoms with van der Waals surface area (Å²) in [6, 6.07) is 3.63. The molecule has 7 heteroatoms. The molecule has 0 saturated carbocycles. The predicted octanol–water partition coefficient (Wildman–Crippen LogP) is 2.29. The van der Waals surface area contributed by atoms with Crippen LogP contribution in [0, 0.1) is 3.57 Å². The number of hydrogen-bond donors (Lipinski definition) is 1. The fourth-order valence-electron chi connectivity index (χ4n) is 2.38. The fourth-order valence-corrected chi connectivity index (χ4v) is 3.05. The van der Waals surface area contributed by atoms with Gasteiger partial charge >= 0.3 is 0 Å². The van der Waals surface area contributed by atoms with Crippen molar-refractivity contribution in [3.63, 3.8) is 0 Å². The maximum atomic E-state index is 12.6. The van der Waals surface area contributed by atoms with Crippen LogP contribution in [0.5, 0.6) is 11.5 Å². The molecule has 0 aromatic heterocycles. The number of rotatable bonds is 3. The van der Waals surface area contributed by atoms with Gasteiger partial charge in [-0.2, -0.15) is 0 Å². The Balaban J connectivity index is 0.00000220. The summed E-state index contributed by atoms with van der Waals surface area (Å²) in [7, 11) is 3.15. The van der Waals surface area contributed by atoms with Crippen LogP contribution in [-0.4, -0.2) is 44.2 Å². The number of nitrogens with zero attached hydrogens (tertiary/aromatic N) is 1. The Hall–Kier alpha value is -0.730. The minimum atomic E-state index is 0. The highest BCUT2D eigenvalue weighted by Crippen LogP contribution is 2.32. The Morgan fingerprint density at radius 3 is 2.52 bits per heavy atom. The number of piperidine rings is 1. The first-order valence-electron chi connectivity index (χ1n) is 6.53. The van der Waals surface area contributed by atoms with Crippen molar-refractivity contribution in [3.8, 4) is 11.5 Å². The smallest absolute Gasteiger partial charge is 0.255 e. The van der Waals surface area contributed by atoms with Crippen LogP contribution in [0.3, 0.4) is 0 Å². The summed E-state index contributed by atoms with van der Waals surface area (Å²) in [5, 5.41) is 0. The largest absolute Gasteiger partial charge is 0.493 e. The molecule has 1 fully saturated rings. The van der Waals surface area contributed by atoms with E-state index in [1.807, 2.05) is 11.0 Å². The number of carbonyl (C=O) groups excluding carboxylic acids is 1. The maximum Gasteiger partial charge on any atom is 0.255 e. The van der Waals surface area contributed by atoms with Crippen LogP contribution in [0.1, 0.15) is 23.2 Å². The van der Waals surface area contributed by atoms with Crippen molar-refractivity contribution < 1.29 is 14.3 Å². The van der Waals surface area contributed by atoms with Crippen LogP contribution in [0.2, 0.25) is 0 Å². The molecule has 1 amide bonds. The van der Waals surface area contributed by atoms with Gasteiger partial charge in [0.1, 0.15) is 0 Å². The summed E-state index contributed by atoms with van der Waals surface area (Å²) >= 11 is 2.14. The predicted molar refractivity (Wildman–Crippen MR) is 92.6 cm³/mol. The minimum Gasteiger partial charge on any atom is -0.493 e. The zero-order valence-electron chi connectivity index (χ0n) is 12.1. The molecule has 118 valence electrons. The molecule has 1 aromatic rings. The lowest BCUT2D eigenvalue weighted by atomic mass is 10.1. The lowest BCUT2D eigenvalue weighted by molar-refractivity contribution is 0.0707. The maximum absolute atomic E-state index is 12.6.